The zero-order chi connectivity index (χ0) is 15.2. The number of fused-ring (bicyclic) bond motifs is 7. The quantitative estimate of drug-likeness (QED) is 0.523. The van der Waals surface area contributed by atoms with E-state index in [1.807, 2.05) is 0 Å². The summed E-state index contributed by atoms with van der Waals surface area (Å²) in [4.78, 5) is 3.67. The van der Waals surface area contributed by atoms with E-state index >= 15 is 0 Å². The molecule has 3 aromatic rings. The first-order valence-electron chi connectivity index (χ1n) is 8.16. The zero-order valence-corrected chi connectivity index (χ0v) is 12.8. The van der Waals surface area contributed by atoms with Crippen molar-refractivity contribution in [3.8, 4) is 0 Å². The third kappa shape index (κ3) is 2.01. The molecule has 0 unspecified atom stereocenters. The monoisotopic (exact) mass is 295 g/mol. The van der Waals surface area contributed by atoms with Crippen LogP contribution >= 0.6 is 0 Å². The fourth-order valence-electron chi connectivity index (χ4n) is 3.69. The summed E-state index contributed by atoms with van der Waals surface area (Å²) in [7, 11) is 0. The Morgan fingerprint density at radius 1 is 0.783 bits per heavy atom. The Balaban J connectivity index is 1.88. The molecule has 23 heavy (non-hydrogen) atoms. The van der Waals surface area contributed by atoms with Crippen molar-refractivity contribution in [1.82, 2.24) is 4.98 Å². The lowest BCUT2D eigenvalue weighted by Gasteiger charge is -2.05. The second-order valence-electron chi connectivity index (χ2n) is 6.32. The second kappa shape index (κ2) is 4.85. The van der Waals surface area contributed by atoms with Gasteiger partial charge in [-0.05, 0) is 41.5 Å². The summed E-state index contributed by atoms with van der Waals surface area (Å²) in [5.41, 5.74) is 6.53. The standard InChI is InChI=1S/C22H17N/c1-2-6-15-12-16(7-3-1)14-21-20(13-15)19-11-10-17-8-4-5-9-18(17)22(19)23-21/h2-11,13-14,23H,1,12H2/b6-2-,7-3-. The largest absolute Gasteiger partial charge is 0.354 e. The molecule has 1 heterocycles. The molecule has 0 aliphatic heterocycles. The number of nitrogens with one attached hydrogen (secondary N) is 1. The summed E-state index contributed by atoms with van der Waals surface area (Å²) in [5.74, 6) is 0. The van der Waals surface area contributed by atoms with Crippen molar-refractivity contribution >= 4 is 33.8 Å². The third-order valence-electron chi connectivity index (χ3n) is 4.77. The fourth-order valence-corrected chi connectivity index (χ4v) is 3.69. The average Bonchev–Trinajstić information content (AvgIpc) is 2.78. The maximum Gasteiger partial charge on any atom is 0.0544 e. The van der Waals surface area contributed by atoms with Gasteiger partial charge in [0.05, 0.1) is 5.52 Å². The highest BCUT2D eigenvalue weighted by molar-refractivity contribution is 6.10. The highest BCUT2D eigenvalue weighted by Gasteiger charge is 2.15. The smallest absolute Gasteiger partial charge is 0.0544 e. The molecule has 0 spiro atoms. The Hall–Kier alpha value is -2.80. The topological polar surface area (TPSA) is 15.8 Å². The van der Waals surface area contributed by atoms with E-state index in [1.54, 1.807) is 0 Å². The van der Waals surface area contributed by atoms with Crippen molar-refractivity contribution in [2.75, 3.05) is 0 Å². The van der Waals surface area contributed by atoms with Crippen LogP contribution in [0, 0.1) is 0 Å². The minimum atomic E-state index is 1.00. The van der Waals surface area contributed by atoms with Crippen LogP contribution in [0.5, 0.6) is 0 Å². The maximum absolute atomic E-state index is 3.67. The van der Waals surface area contributed by atoms with Crippen LogP contribution in [0.1, 0.15) is 24.1 Å². The molecule has 0 atom stereocenters. The van der Waals surface area contributed by atoms with Crippen LogP contribution < -0.4 is 0 Å². The molecule has 110 valence electrons. The summed E-state index contributed by atoms with van der Waals surface area (Å²) in [5, 5.41) is 3.89. The van der Waals surface area contributed by atoms with Gasteiger partial charge in [0, 0.05) is 22.0 Å². The van der Waals surface area contributed by atoms with Gasteiger partial charge in [-0.2, -0.15) is 0 Å². The van der Waals surface area contributed by atoms with Gasteiger partial charge >= 0.3 is 0 Å². The van der Waals surface area contributed by atoms with Crippen LogP contribution in [0.3, 0.4) is 0 Å². The first-order chi connectivity index (χ1) is 11.4. The van der Waals surface area contributed by atoms with Gasteiger partial charge in [-0.1, -0.05) is 60.7 Å². The summed E-state index contributed by atoms with van der Waals surface area (Å²) in [6.07, 6.45) is 15.7. The molecule has 1 N–H and O–H groups in total. The van der Waals surface area contributed by atoms with E-state index in [0.29, 0.717) is 0 Å². The minimum absolute atomic E-state index is 1.00. The number of aromatic amines is 1. The Morgan fingerprint density at radius 2 is 1.61 bits per heavy atom. The van der Waals surface area contributed by atoms with Crippen LogP contribution in [0.25, 0.3) is 33.8 Å². The van der Waals surface area contributed by atoms with E-state index in [1.165, 1.54) is 44.1 Å². The van der Waals surface area contributed by atoms with Crippen LogP contribution in [0.15, 0.2) is 71.8 Å². The van der Waals surface area contributed by atoms with E-state index in [0.717, 1.165) is 12.8 Å². The number of hydrogen-bond donors (Lipinski definition) is 1. The molecule has 1 heteroatoms. The van der Waals surface area contributed by atoms with Crippen LogP contribution in [0.2, 0.25) is 0 Å². The fraction of sp³-hybridized carbons (Fsp3) is 0.0909. The van der Waals surface area contributed by atoms with Gasteiger partial charge < -0.3 is 4.98 Å². The molecule has 0 radical (unpaired) electrons. The van der Waals surface area contributed by atoms with E-state index < -0.39 is 0 Å². The highest BCUT2D eigenvalue weighted by atomic mass is 14.7. The molecule has 1 nitrogen and oxygen atoms in total. The molecule has 1 aromatic heterocycles. The normalized spacial score (nSPS) is 19.3. The first kappa shape index (κ1) is 12.7. The second-order valence-corrected chi connectivity index (χ2v) is 6.32. The zero-order valence-electron chi connectivity index (χ0n) is 12.8. The molecular weight excluding hydrogens is 278 g/mol. The van der Waals surface area contributed by atoms with Gasteiger partial charge in [0.1, 0.15) is 0 Å². The first-order valence-corrected chi connectivity index (χ1v) is 8.16. The molecule has 2 aromatic carbocycles. The molecule has 5 rings (SSSR count). The number of allylic oxidation sites excluding steroid dienone is 6. The Kier molecular flexibility index (Phi) is 2.68. The number of aromatic nitrogens is 1. The van der Waals surface area contributed by atoms with Gasteiger partial charge in [0.25, 0.3) is 0 Å². The van der Waals surface area contributed by atoms with Crippen molar-refractivity contribution < 1.29 is 0 Å². The number of H-pyrrole nitrogens is 1. The highest BCUT2D eigenvalue weighted by Crippen LogP contribution is 2.35. The average molecular weight is 295 g/mol. The maximum atomic E-state index is 3.67. The van der Waals surface area contributed by atoms with Gasteiger partial charge in [-0.15, -0.1) is 0 Å². The lowest BCUT2D eigenvalue weighted by molar-refractivity contribution is 1.20. The van der Waals surface area contributed by atoms with Crippen molar-refractivity contribution in [3.63, 3.8) is 0 Å². The summed E-state index contributed by atoms with van der Waals surface area (Å²) < 4.78 is 0. The van der Waals surface area contributed by atoms with Crippen LogP contribution in [-0.4, -0.2) is 4.98 Å². The van der Waals surface area contributed by atoms with Crippen molar-refractivity contribution in [2.45, 2.75) is 12.8 Å². The third-order valence-corrected chi connectivity index (χ3v) is 4.77. The van der Waals surface area contributed by atoms with Gasteiger partial charge in [0.15, 0.2) is 0 Å². The van der Waals surface area contributed by atoms with Gasteiger partial charge in [0.2, 0.25) is 0 Å². The Labute approximate surface area is 135 Å². The predicted molar refractivity (Wildman–Crippen MR) is 99.3 cm³/mol. The molecular formula is C22H17N. The van der Waals surface area contributed by atoms with Crippen LogP contribution in [0.4, 0.5) is 0 Å². The summed E-state index contributed by atoms with van der Waals surface area (Å²) in [6, 6.07) is 13.1. The molecule has 2 aliphatic carbocycles. The lowest BCUT2D eigenvalue weighted by atomic mass is 10.0. The van der Waals surface area contributed by atoms with E-state index in [4.69, 9.17) is 0 Å². The minimum Gasteiger partial charge on any atom is -0.354 e. The van der Waals surface area contributed by atoms with E-state index in [2.05, 4.69) is 77.8 Å². The summed E-state index contributed by atoms with van der Waals surface area (Å²) >= 11 is 0. The SMILES string of the molecule is C1=C2/C=C\C/C=C\C(=Cc3c1[nH]c1c3ccc3ccccc31)C2. The number of rotatable bonds is 0. The molecule has 0 fully saturated rings. The van der Waals surface area contributed by atoms with Crippen LogP contribution in [-0.2, 0) is 0 Å². The number of hydrogen-bond acceptors (Lipinski definition) is 0. The lowest BCUT2D eigenvalue weighted by Crippen LogP contribution is -1.84. The molecule has 0 saturated heterocycles. The molecule has 2 bridgehead atoms. The van der Waals surface area contributed by atoms with Gasteiger partial charge in [-0.25, -0.2) is 0 Å². The van der Waals surface area contributed by atoms with Crippen molar-refractivity contribution in [3.05, 3.63) is 83.1 Å². The molecule has 0 saturated carbocycles. The molecule has 0 amide bonds. The van der Waals surface area contributed by atoms with Crippen molar-refractivity contribution in [2.24, 2.45) is 0 Å². The van der Waals surface area contributed by atoms with E-state index in [-0.39, 0.29) is 0 Å². The Bertz CT molecular complexity index is 1050. The predicted octanol–water partition coefficient (Wildman–Crippen LogP) is 6.01. The van der Waals surface area contributed by atoms with Gasteiger partial charge in [-0.3, -0.25) is 0 Å². The Morgan fingerprint density at radius 3 is 2.52 bits per heavy atom. The molecule has 2 aliphatic rings. The van der Waals surface area contributed by atoms with E-state index in [9.17, 15) is 0 Å². The van der Waals surface area contributed by atoms with Crippen molar-refractivity contribution in [1.29, 1.82) is 0 Å². The number of benzene rings is 2. The summed E-state index contributed by atoms with van der Waals surface area (Å²) in [6.45, 7) is 0.